The van der Waals surface area contributed by atoms with Gasteiger partial charge in [0.05, 0.1) is 5.39 Å². The number of aryl methyl sites for hydroxylation is 1. The largest absolute Gasteiger partial charge is 0.326 e. The minimum Gasteiger partial charge on any atom is -0.326 e. The van der Waals surface area contributed by atoms with Crippen molar-refractivity contribution in [2.75, 3.05) is 13.1 Å². The number of aromatic nitrogens is 1. The summed E-state index contributed by atoms with van der Waals surface area (Å²) < 4.78 is 13.6. The quantitative estimate of drug-likeness (QED) is 0.743. The van der Waals surface area contributed by atoms with Crippen molar-refractivity contribution in [2.24, 2.45) is 5.92 Å². The first-order chi connectivity index (χ1) is 13.1. The third-order valence-electron chi connectivity index (χ3n) is 5.76. The second-order valence-electron chi connectivity index (χ2n) is 7.66. The van der Waals surface area contributed by atoms with E-state index in [4.69, 9.17) is 0 Å². The number of halogens is 1. The fourth-order valence-corrected chi connectivity index (χ4v) is 4.21. The summed E-state index contributed by atoms with van der Waals surface area (Å²) in [7, 11) is 0. The first kappa shape index (κ1) is 17.9. The fourth-order valence-electron chi connectivity index (χ4n) is 4.21. The molecular formula is C23H25FN2O. The molecule has 27 heavy (non-hydrogen) atoms. The van der Waals surface area contributed by atoms with Crippen LogP contribution in [0.25, 0.3) is 10.8 Å². The fraction of sp³-hybridized carbons (Fsp3) is 0.348. The van der Waals surface area contributed by atoms with Crippen LogP contribution in [0.1, 0.15) is 29.7 Å². The van der Waals surface area contributed by atoms with Crippen molar-refractivity contribution in [1.29, 1.82) is 0 Å². The molecule has 1 fully saturated rings. The summed E-state index contributed by atoms with van der Waals surface area (Å²) in [5.74, 6) is 0.357. The third kappa shape index (κ3) is 3.96. The van der Waals surface area contributed by atoms with Crippen LogP contribution in [0.15, 0.2) is 53.3 Å². The first-order valence-electron chi connectivity index (χ1n) is 9.67. The van der Waals surface area contributed by atoms with Gasteiger partial charge in [-0.05, 0) is 73.8 Å². The number of pyridine rings is 1. The maximum Gasteiger partial charge on any atom is 0.256 e. The monoisotopic (exact) mass is 364 g/mol. The number of nitrogens with one attached hydrogen (secondary N) is 1. The predicted molar refractivity (Wildman–Crippen MR) is 107 cm³/mol. The van der Waals surface area contributed by atoms with Gasteiger partial charge in [0.25, 0.3) is 5.56 Å². The molecule has 0 spiro atoms. The SMILES string of the molecule is Cc1[nH]c(=O)c2cc(F)ccc2c1CN1CCC(Cc2ccccc2)CC1. The normalized spacial score (nSPS) is 16.1. The molecular weight excluding hydrogens is 339 g/mol. The molecule has 0 unspecified atom stereocenters. The number of fused-ring (bicyclic) bond motifs is 1. The highest BCUT2D eigenvalue weighted by atomic mass is 19.1. The van der Waals surface area contributed by atoms with Crippen LogP contribution in [0.3, 0.4) is 0 Å². The smallest absolute Gasteiger partial charge is 0.256 e. The highest BCUT2D eigenvalue weighted by Gasteiger charge is 2.21. The molecule has 3 nitrogen and oxygen atoms in total. The summed E-state index contributed by atoms with van der Waals surface area (Å²) in [6.07, 6.45) is 3.52. The van der Waals surface area contributed by atoms with E-state index in [9.17, 15) is 9.18 Å². The topological polar surface area (TPSA) is 36.1 Å². The van der Waals surface area contributed by atoms with Crippen LogP contribution in [-0.4, -0.2) is 23.0 Å². The maximum absolute atomic E-state index is 13.6. The summed E-state index contributed by atoms with van der Waals surface area (Å²) in [6, 6.07) is 15.2. The molecule has 0 atom stereocenters. The number of likely N-dealkylation sites (tertiary alicyclic amines) is 1. The molecule has 0 saturated carbocycles. The molecule has 3 aromatic rings. The van der Waals surface area contributed by atoms with Gasteiger partial charge in [0.2, 0.25) is 0 Å². The Morgan fingerprint density at radius 3 is 2.56 bits per heavy atom. The summed E-state index contributed by atoms with van der Waals surface area (Å²) in [5, 5.41) is 1.30. The summed E-state index contributed by atoms with van der Waals surface area (Å²) >= 11 is 0. The first-order valence-corrected chi connectivity index (χ1v) is 9.67. The van der Waals surface area contributed by atoms with Gasteiger partial charge in [-0.2, -0.15) is 0 Å². The van der Waals surface area contributed by atoms with Gasteiger partial charge in [-0.15, -0.1) is 0 Å². The zero-order valence-corrected chi connectivity index (χ0v) is 15.7. The lowest BCUT2D eigenvalue weighted by Gasteiger charge is -2.32. The lowest BCUT2D eigenvalue weighted by Crippen LogP contribution is -2.34. The Labute approximate surface area is 158 Å². The van der Waals surface area contributed by atoms with Crippen LogP contribution in [-0.2, 0) is 13.0 Å². The van der Waals surface area contributed by atoms with Crippen LogP contribution in [0.5, 0.6) is 0 Å². The molecule has 4 rings (SSSR count). The van der Waals surface area contributed by atoms with Gasteiger partial charge < -0.3 is 4.98 Å². The van der Waals surface area contributed by atoms with E-state index < -0.39 is 0 Å². The molecule has 1 saturated heterocycles. The number of nitrogens with zero attached hydrogens (tertiary/aromatic N) is 1. The van der Waals surface area contributed by atoms with Crippen molar-refractivity contribution in [1.82, 2.24) is 9.88 Å². The number of benzene rings is 2. The average Bonchev–Trinajstić information content (AvgIpc) is 2.67. The molecule has 1 aliphatic rings. The highest BCUT2D eigenvalue weighted by Crippen LogP contribution is 2.25. The number of aromatic amines is 1. The number of hydrogen-bond acceptors (Lipinski definition) is 2. The molecule has 0 radical (unpaired) electrons. The Morgan fingerprint density at radius 2 is 1.81 bits per heavy atom. The van der Waals surface area contributed by atoms with Crippen molar-refractivity contribution in [2.45, 2.75) is 32.7 Å². The van der Waals surface area contributed by atoms with E-state index in [1.165, 1.54) is 30.5 Å². The summed E-state index contributed by atoms with van der Waals surface area (Å²) in [5.41, 5.74) is 3.18. The number of hydrogen-bond donors (Lipinski definition) is 1. The van der Waals surface area contributed by atoms with E-state index in [0.717, 1.165) is 48.6 Å². The Bertz CT molecular complexity index is 988. The zero-order chi connectivity index (χ0) is 18.8. The second kappa shape index (κ2) is 7.65. The molecule has 1 aromatic heterocycles. The van der Waals surface area contributed by atoms with Gasteiger partial charge in [0.15, 0.2) is 0 Å². The minimum absolute atomic E-state index is 0.215. The molecule has 1 N–H and O–H groups in total. The minimum atomic E-state index is -0.371. The van der Waals surface area contributed by atoms with E-state index >= 15 is 0 Å². The van der Waals surface area contributed by atoms with Crippen LogP contribution < -0.4 is 5.56 Å². The average molecular weight is 364 g/mol. The van der Waals surface area contributed by atoms with Crippen molar-refractivity contribution >= 4 is 10.8 Å². The van der Waals surface area contributed by atoms with E-state index in [2.05, 4.69) is 40.2 Å². The van der Waals surface area contributed by atoms with E-state index in [1.54, 1.807) is 6.07 Å². The molecule has 4 heteroatoms. The van der Waals surface area contributed by atoms with E-state index in [-0.39, 0.29) is 11.4 Å². The van der Waals surface area contributed by atoms with Crippen LogP contribution >= 0.6 is 0 Å². The van der Waals surface area contributed by atoms with Gasteiger partial charge >= 0.3 is 0 Å². The number of rotatable bonds is 4. The molecule has 0 bridgehead atoms. The number of piperidine rings is 1. The Balaban J connectivity index is 1.47. The molecule has 0 aliphatic carbocycles. The summed E-state index contributed by atoms with van der Waals surface area (Å²) in [4.78, 5) is 17.5. The predicted octanol–water partition coefficient (Wildman–Crippen LogP) is 4.43. The third-order valence-corrected chi connectivity index (χ3v) is 5.76. The second-order valence-corrected chi connectivity index (χ2v) is 7.66. The van der Waals surface area contributed by atoms with E-state index in [1.807, 2.05) is 6.92 Å². The van der Waals surface area contributed by atoms with Gasteiger partial charge in [0, 0.05) is 12.2 Å². The molecule has 140 valence electrons. The Hall–Kier alpha value is -2.46. The van der Waals surface area contributed by atoms with Crippen molar-refractivity contribution in [3.8, 4) is 0 Å². The molecule has 2 aromatic carbocycles. The molecule has 1 aliphatic heterocycles. The van der Waals surface area contributed by atoms with Gasteiger partial charge in [-0.25, -0.2) is 4.39 Å². The summed E-state index contributed by atoms with van der Waals surface area (Å²) in [6.45, 7) is 4.84. The van der Waals surface area contributed by atoms with Gasteiger partial charge in [0.1, 0.15) is 5.82 Å². The van der Waals surface area contributed by atoms with Crippen molar-refractivity contribution in [3.05, 3.63) is 81.5 Å². The standard InChI is InChI=1S/C23H25FN2O/c1-16-22(20-8-7-19(24)14-21(20)23(27)25-16)15-26-11-9-18(10-12-26)13-17-5-3-2-4-6-17/h2-8,14,18H,9-13,15H2,1H3,(H,25,27). The number of H-pyrrole nitrogens is 1. The van der Waals surface area contributed by atoms with Gasteiger partial charge in [-0.1, -0.05) is 36.4 Å². The Kier molecular flexibility index (Phi) is 5.08. The van der Waals surface area contributed by atoms with Crippen molar-refractivity contribution in [3.63, 3.8) is 0 Å². The Morgan fingerprint density at radius 1 is 1.07 bits per heavy atom. The molecule has 0 amide bonds. The lowest BCUT2D eigenvalue weighted by atomic mass is 9.90. The van der Waals surface area contributed by atoms with Crippen LogP contribution in [0.4, 0.5) is 4.39 Å². The molecule has 2 heterocycles. The maximum atomic E-state index is 13.6. The van der Waals surface area contributed by atoms with Gasteiger partial charge in [-0.3, -0.25) is 9.69 Å². The highest BCUT2D eigenvalue weighted by molar-refractivity contribution is 5.85. The van der Waals surface area contributed by atoms with E-state index in [0.29, 0.717) is 5.39 Å². The van der Waals surface area contributed by atoms with Crippen LogP contribution in [0.2, 0.25) is 0 Å². The van der Waals surface area contributed by atoms with Crippen LogP contribution in [0, 0.1) is 18.7 Å². The lowest BCUT2D eigenvalue weighted by molar-refractivity contribution is 0.177. The van der Waals surface area contributed by atoms with Crippen molar-refractivity contribution < 1.29 is 4.39 Å². The zero-order valence-electron chi connectivity index (χ0n) is 15.7.